The van der Waals surface area contributed by atoms with Crippen LogP contribution in [0.4, 0.5) is 4.39 Å². The lowest BCUT2D eigenvalue weighted by atomic mass is 10.0. The summed E-state index contributed by atoms with van der Waals surface area (Å²) in [4.78, 5) is 11.8. The Hall–Kier alpha value is -1.62. The largest absolute Gasteiger partial charge is 0.508 e. The molecule has 0 amide bonds. The van der Waals surface area contributed by atoms with Gasteiger partial charge in [-0.25, -0.2) is 9.18 Å². The van der Waals surface area contributed by atoms with Gasteiger partial charge in [-0.3, -0.25) is 5.32 Å². The molecule has 0 spiro atoms. The van der Waals surface area contributed by atoms with Gasteiger partial charge in [0.2, 0.25) is 0 Å². The first-order chi connectivity index (χ1) is 9.10. The number of methoxy groups -OCH3 is 1. The van der Waals surface area contributed by atoms with E-state index in [0.29, 0.717) is 5.56 Å². The predicted molar refractivity (Wildman–Crippen MR) is 68.2 cm³/mol. The summed E-state index contributed by atoms with van der Waals surface area (Å²) >= 11 is 0. The maximum Gasteiger partial charge on any atom is 0.327 e. The number of nitrogens with one attached hydrogen (secondary N) is 1. The number of esters is 1. The van der Waals surface area contributed by atoms with E-state index in [4.69, 9.17) is 4.74 Å². The van der Waals surface area contributed by atoms with Gasteiger partial charge in [0.1, 0.15) is 17.6 Å². The molecule has 0 radical (unpaired) electrons. The zero-order valence-corrected chi connectivity index (χ0v) is 10.9. The van der Waals surface area contributed by atoms with Crippen LogP contribution in [0.5, 0.6) is 5.75 Å². The summed E-state index contributed by atoms with van der Waals surface area (Å²) in [5, 5.41) is 12.6. The lowest BCUT2D eigenvalue weighted by Gasteiger charge is -2.21. The van der Waals surface area contributed by atoms with Crippen molar-refractivity contribution in [2.45, 2.75) is 37.8 Å². The molecular formula is C14H18FNO3. The number of carbonyl (C=O) groups is 1. The monoisotopic (exact) mass is 267 g/mol. The molecule has 1 aromatic carbocycles. The first-order valence-electron chi connectivity index (χ1n) is 6.43. The first kappa shape index (κ1) is 13.8. The third-order valence-electron chi connectivity index (χ3n) is 3.43. The molecule has 0 bridgehead atoms. The number of hydrogen-bond acceptors (Lipinski definition) is 4. The van der Waals surface area contributed by atoms with Crippen LogP contribution in [0, 0.1) is 5.82 Å². The van der Waals surface area contributed by atoms with Gasteiger partial charge < -0.3 is 9.84 Å². The van der Waals surface area contributed by atoms with Gasteiger partial charge in [-0.2, -0.15) is 0 Å². The van der Waals surface area contributed by atoms with Crippen molar-refractivity contribution >= 4 is 5.97 Å². The van der Waals surface area contributed by atoms with Crippen molar-refractivity contribution in [1.29, 1.82) is 0 Å². The molecule has 4 nitrogen and oxygen atoms in total. The molecule has 1 unspecified atom stereocenters. The molecule has 0 aliphatic heterocycles. The number of halogens is 1. The maximum absolute atomic E-state index is 13.3. The Morgan fingerprint density at radius 3 is 2.68 bits per heavy atom. The van der Waals surface area contributed by atoms with Crippen molar-refractivity contribution in [2.24, 2.45) is 0 Å². The Bertz CT molecular complexity index is 438. The van der Waals surface area contributed by atoms with Crippen LogP contribution in [0.25, 0.3) is 0 Å². The normalized spacial score (nSPS) is 17.4. The Labute approximate surface area is 111 Å². The van der Waals surface area contributed by atoms with E-state index in [-0.39, 0.29) is 11.8 Å². The molecule has 2 N–H and O–H groups in total. The quantitative estimate of drug-likeness (QED) is 0.822. The molecule has 2 rings (SSSR count). The van der Waals surface area contributed by atoms with Crippen LogP contribution in [0.1, 0.15) is 37.3 Å². The summed E-state index contributed by atoms with van der Waals surface area (Å²) in [6.45, 7) is 0. The Kier molecular flexibility index (Phi) is 4.37. The summed E-state index contributed by atoms with van der Waals surface area (Å²) in [5.74, 6) is -1.24. The third kappa shape index (κ3) is 3.44. The molecule has 1 aromatic rings. The molecule has 1 atom stereocenters. The molecule has 104 valence electrons. The summed E-state index contributed by atoms with van der Waals surface area (Å²) < 4.78 is 18.1. The summed E-state index contributed by atoms with van der Waals surface area (Å²) in [6.07, 6.45) is 4.24. The van der Waals surface area contributed by atoms with Crippen LogP contribution in [0.15, 0.2) is 18.2 Å². The molecule has 0 heterocycles. The minimum absolute atomic E-state index is 0.197. The fraction of sp³-hybridized carbons (Fsp3) is 0.500. The zero-order chi connectivity index (χ0) is 13.8. The standard InChI is InChI=1S/C14H18FNO3/c1-19-14(18)13(16-11-4-2-3-5-11)9-6-10(15)8-12(17)7-9/h6-8,11,13,16-17H,2-5H2,1H3. The smallest absolute Gasteiger partial charge is 0.327 e. The molecule has 1 aliphatic carbocycles. The van der Waals surface area contributed by atoms with Gasteiger partial charge in [0.05, 0.1) is 7.11 Å². The van der Waals surface area contributed by atoms with E-state index < -0.39 is 17.8 Å². The summed E-state index contributed by atoms with van der Waals surface area (Å²) in [6, 6.07) is 3.12. The second-order valence-corrected chi connectivity index (χ2v) is 4.85. The van der Waals surface area contributed by atoms with E-state index in [0.717, 1.165) is 31.7 Å². The Morgan fingerprint density at radius 2 is 2.11 bits per heavy atom. The molecule has 0 aromatic heterocycles. The second-order valence-electron chi connectivity index (χ2n) is 4.85. The van der Waals surface area contributed by atoms with Crippen LogP contribution in [-0.4, -0.2) is 24.2 Å². The van der Waals surface area contributed by atoms with Gasteiger partial charge >= 0.3 is 5.97 Å². The zero-order valence-electron chi connectivity index (χ0n) is 10.9. The highest BCUT2D eigenvalue weighted by molar-refractivity contribution is 5.77. The minimum atomic E-state index is -0.741. The lowest BCUT2D eigenvalue weighted by molar-refractivity contribution is -0.143. The van der Waals surface area contributed by atoms with Gasteiger partial charge in [-0.15, -0.1) is 0 Å². The number of ether oxygens (including phenoxy) is 1. The highest BCUT2D eigenvalue weighted by Gasteiger charge is 2.27. The second kappa shape index (κ2) is 6.02. The van der Waals surface area contributed by atoms with Crippen LogP contribution in [0.2, 0.25) is 0 Å². The number of aromatic hydroxyl groups is 1. The third-order valence-corrected chi connectivity index (χ3v) is 3.43. The van der Waals surface area contributed by atoms with Gasteiger partial charge in [0.15, 0.2) is 0 Å². The van der Waals surface area contributed by atoms with E-state index in [2.05, 4.69) is 5.32 Å². The SMILES string of the molecule is COC(=O)C(NC1CCCC1)c1cc(O)cc(F)c1. The Balaban J connectivity index is 2.22. The minimum Gasteiger partial charge on any atom is -0.508 e. The van der Waals surface area contributed by atoms with E-state index >= 15 is 0 Å². The molecule has 0 saturated heterocycles. The summed E-state index contributed by atoms with van der Waals surface area (Å²) in [7, 11) is 1.30. The highest BCUT2D eigenvalue weighted by atomic mass is 19.1. The van der Waals surface area contributed by atoms with E-state index in [1.54, 1.807) is 0 Å². The van der Waals surface area contributed by atoms with E-state index in [1.807, 2.05) is 0 Å². The topological polar surface area (TPSA) is 58.6 Å². The number of benzene rings is 1. The van der Waals surface area contributed by atoms with Gasteiger partial charge in [0.25, 0.3) is 0 Å². The molecule has 19 heavy (non-hydrogen) atoms. The van der Waals surface area contributed by atoms with Crippen LogP contribution >= 0.6 is 0 Å². The van der Waals surface area contributed by atoms with Crippen molar-refractivity contribution < 1.29 is 19.0 Å². The van der Waals surface area contributed by atoms with Gasteiger partial charge in [-0.05, 0) is 30.5 Å². The van der Waals surface area contributed by atoms with Crippen LogP contribution in [-0.2, 0) is 9.53 Å². The average molecular weight is 267 g/mol. The van der Waals surface area contributed by atoms with Crippen molar-refractivity contribution in [1.82, 2.24) is 5.32 Å². The predicted octanol–water partition coefficient (Wildman–Crippen LogP) is 2.28. The molecule has 1 saturated carbocycles. The first-order valence-corrected chi connectivity index (χ1v) is 6.43. The van der Waals surface area contributed by atoms with Gasteiger partial charge in [0, 0.05) is 12.1 Å². The number of carbonyl (C=O) groups excluding carboxylic acids is 1. The molecular weight excluding hydrogens is 249 g/mol. The van der Waals surface area contributed by atoms with Crippen LogP contribution in [0.3, 0.4) is 0 Å². The highest BCUT2D eigenvalue weighted by Crippen LogP contribution is 2.25. The molecule has 5 heteroatoms. The molecule has 1 fully saturated rings. The van der Waals surface area contributed by atoms with Crippen molar-refractivity contribution in [2.75, 3.05) is 7.11 Å². The van der Waals surface area contributed by atoms with Crippen molar-refractivity contribution in [3.63, 3.8) is 0 Å². The number of phenols is 1. The number of hydrogen-bond donors (Lipinski definition) is 2. The Morgan fingerprint density at radius 1 is 1.42 bits per heavy atom. The lowest BCUT2D eigenvalue weighted by Crippen LogP contribution is -2.36. The fourth-order valence-corrected chi connectivity index (χ4v) is 2.51. The number of phenolic OH excluding ortho intramolecular Hbond substituents is 1. The van der Waals surface area contributed by atoms with Crippen molar-refractivity contribution in [3.05, 3.63) is 29.6 Å². The maximum atomic E-state index is 13.3. The van der Waals surface area contributed by atoms with Crippen LogP contribution < -0.4 is 5.32 Å². The van der Waals surface area contributed by atoms with Crippen molar-refractivity contribution in [3.8, 4) is 5.75 Å². The van der Waals surface area contributed by atoms with E-state index in [9.17, 15) is 14.3 Å². The van der Waals surface area contributed by atoms with Gasteiger partial charge in [-0.1, -0.05) is 12.8 Å². The molecule has 1 aliphatic rings. The average Bonchev–Trinajstić information content (AvgIpc) is 2.86. The van der Waals surface area contributed by atoms with E-state index in [1.165, 1.54) is 19.2 Å². The fourth-order valence-electron chi connectivity index (χ4n) is 2.51. The summed E-state index contributed by atoms with van der Waals surface area (Å²) in [5.41, 5.74) is 0.385. The number of rotatable bonds is 4.